The minimum Gasteiger partial charge on any atom is -0.422 e. The van der Waals surface area contributed by atoms with Gasteiger partial charge in [-0.2, -0.15) is 0 Å². The Morgan fingerprint density at radius 1 is 1.24 bits per heavy atom. The third kappa shape index (κ3) is 3.37. The third-order valence-electron chi connectivity index (χ3n) is 5.37. The first-order valence-corrected chi connectivity index (χ1v) is 10.2. The van der Waals surface area contributed by atoms with Gasteiger partial charge in [0.1, 0.15) is 17.5 Å². The van der Waals surface area contributed by atoms with Gasteiger partial charge in [0.15, 0.2) is 10.9 Å². The number of benzene rings is 1. The first kappa shape index (κ1) is 19.4. The smallest absolute Gasteiger partial charge is 0.347 e. The number of aryl methyl sites for hydroxylation is 1. The van der Waals surface area contributed by atoms with Crippen molar-refractivity contribution in [1.82, 2.24) is 14.8 Å². The minimum atomic E-state index is -0.619. The molecule has 1 aliphatic rings. The zero-order valence-electron chi connectivity index (χ0n) is 17.0. The standard InChI is InChI=1S/C21H22N4O3S/c1-12-9-21(2,3)25(5)16-8-18-13(6-14(12)16)7-15(19(27)28-18)17(26)10-29-20-23-22-11-24(20)4/h6-9,11H,10H2,1-5H3. The molecule has 0 aliphatic carbocycles. The van der Waals surface area contributed by atoms with E-state index in [0.717, 1.165) is 22.2 Å². The Morgan fingerprint density at radius 3 is 2.69 bits per heavy atom. The first-order valence-electron chi connectivity index (χ1n) is 9.23. The van der Waals surface area contributed by atoms with Crippen LogP contribution in [0.5, 0.6) is 0 Å². The van der Waals surface area contributed by atoms with Gasteiger partial charge in [-0.25, -0.2) is 4.79 Å². The van der Waals surface area contributed by atoms with Gasteiger partial charge in [0, 0.05) is 36.8 Å². The molecule has 8 heteroatoms. The molecule has 0 bridgehead atoms. The number of carbonyl (C=O) groups excluding carboxylic acids is 1. The van der Waals surface area contributed by atoms with E-state index in [4.69, 9.17) is 4.42 Å². The van der Waals surface area contributed by atoms with Crippen molar-refractivity contribution in [3.63, 3.8) is 0 Å². The summed E-state index contributed by atoms with van der Waals surface area (Å²) in [4.78, 5) is 27.3. The van der Waals surface area contributed by atoms with Gasteiger partial charge in [-0.3, -0.25) is 4.79 Å². The second-order valence-electron chi connectivity index (χ2n) is 7.83. The number of aromatic nitrogens is 3. The zero-order valence-corrected chi connectivity index (χ0v) is 17.8. The second-order valence-corrected chi connectivity index (χ2v) is 8.77. The van der Waals surface area contributed by atoms with Crippen molar-refractivity contribution in [1.29, 1.82) is 0 Å². The van der Waals surface area contributed by atoms with Gasteiger partial charge in [-0.05, 0) is 38.5 Å². The van der Waals surface area contributed by atoms with E-state index in [-0.39, 0.29) is 22.6 Å². The Bertz CT molecular complexity index is 1220. The molecule has 4 rings (SSSR count). The van der Waals surface area contributed by atoms with Crippen LogP contribution in [0, 0.1) is 0 Å². The molecule has 150 valence electrons. The van der Waals surface area contributed by atoms with Gasteiger partial charge in [0.05, 0.1) is 11.3 Å². The van der Waals surface area contributed by atoms with Gasteiger partial charge < -0.3 is 13.9 Å². The summed E-state index contributed by atoms with van der Waals surface area (Å²) in [5.41, 5.74) is 3.00. The molecular formula is C21H22N4O3S. The number of thioether (sulfide) groups is 1. The molecule has 1 aromatic carbocycles. The Kier molecular flexibility index (Phi) is 4.61. The summed E-state index contributed by atoms with van der Waals surface area (Å²) in [5.74, 6) is -0.208. The fourth-order valence-electron chi connectivity index (χ4n) is 3.57. The van der Waals surface area contributed by atoms with Crippen LogP contribution in [0.25, 0.3) is 16.5 Å². The molecular weight excluding hydrogens is 388 g/mol. The third-order valence-corrected chi connectivity index (χ3v) is 6.41. The lowest BCUT2D eigenvalue weighted by Crippen LogP contribution is -2.42. The molecule has 2 aromatic heterocycles. The molecule has 3 aromatic rings. The zero-order chi connectivity index (χ0) is 20.9. The van der Waals surface area contributed by atoms with Gasteiger partial charge in [-0.1, -0.05) is 17.8 Å². The summed E-state index contributed by atoms with van der Waals surface area (Å²) >= 11 is 1.24. The fraction of sp³-hybridized carbons (Fsp3) is 0.333. The van der Waals surface area contributed by atoms with Crippen LogP contribution in [0.3, 0.4) is 0 Å². The van der Waals surface area contributed by atoms with E-state index in [9.17, 15) is 9.59 Å². The number of anilines is 1. The topological polar surface area (TPSA) is 81.2 Å². The van der Waals surface area contributed by atoms with Gasteiger partial charge in [-0.15, -0.1) is 10.2 Å². The van der Waals surface area contributed by atoms with E-state index < -0.39 is 5.63 Å². The Hall–Kier alpha value is -2.87. The first-order chi connectivity index (χ1) is 13.7. The number of hydrogen-bond acceptors (Lipinski definition) is 7. The van der Waals surface area contributed by atoms with Gasteiger partial charge in [0.25, 0.3) is 0 Å². The van der Waals surface area contributed by atoms with Crippen molar-refractivity contribution in [3.8, 4) is 0 Å². The molecule has 3 heterocycles. The number of likely N-dealkylation sites (N-methyl/N-ethyl adjacent to an activating group) is 1. The molecule has 0 N–H and O–H groups in total. The van der Waals surface area contributed by atoms with Gasteiger partial charge >= 0.3 is 5.63 Å². The lowest BCUT2D eigenvalue weighted by Gasteiger charge is -2.40. The highest BCUT2D eigenvalue weighted by Crippen LogP contribution is 2.39. The largest absolute Gasteiger partial charge is 0.422 e. The van der Waals surface area contributed by atoms with Crippen molar-refractivity contribution >= 4 is 39.8 Å². The molecule has 7 nitrogen and oxygen atoms in total. The quantitative estimate of drug-likeness (QED) is 0.370. The molecule has 0 spiro atoms. The van der Waals surface area contributed by atoms with Crippen molar-refractivity contribution in [2.24, 2.45) is 7.05 Å². The summed E-state index contributed by atoms with van der Waals surface area (Å²) in [6.07, 6.45) is 3.78. The van der Waals surface area contributed by atoms with Crippen LogP contribution in [-0.2, 0) is 7.05 Å². The van der Waals surface area contributed by atoms with Crippen LogP contribution in [0.15, 0.2) is 45.0 Å². The molecule has 0 radical (unpaired) electrons. The number of allylic oxidation sites excluding steroid dienone is 1. The van der Waals surface area contributed by atoms with Gasteiger partial charge in [0.2, 0.25) is 0 Å². The van der Waals surface area contributed by atoms with Crippen LogP contribution in [0.2, 0.25) is 0 Å². The van der Waals surface area contributed by atoms with Crippen LogP contribution in [0.1, 0.15) is 36.7 Å². The SMILES string of the molecule is CC1=CC(C)(C)N(C)c2cc3oc(=O)c(C(=O)CSc4nncn4C)cc3cc21. The van der Waals surface area contributed by atoms with E-state index in [1.807, 2.05) is 19.2 Å². The average Bonchev–Trinajstić information content (AvgIpc) is 3.07. The lowest BCUT2D eigenvalue weighted by molar-refractivity contribution is 0.101. The number of nitrogens with zero attached hydrogens (tertiary/aromatic N) is 4. The highest BCUT2D eigenvalue weighted by molar-refractivity contribution is 7.99. The number of hydrogen-bond donors (Lipinski definition) is 0. The molecule has 0 saturated heterocycles. The molecule has 0 unspecified atom stereocenters. The summed E-state index contributed by atoms with van der Waals surface area (Å²) < 4.78 is 7.25. The van der Waals surface area contributed by atoms with E-state index in [2.05, 4.69) is 41.9 Å². The number of carbonyl (C=O) groups is 1. The number of ketones is 1. The summed E-state index contributed by atoms with van der Waals surface area (Å²) in [6, 6.07) is 5.50. The highest BCUT2D eigenvalue weighted by Gasteiger charge is 2.29. The van der Waals surface area contributed by atoms with Crippen molar-refractivity contribution in [2.75, 3.05) is 17.7 Å². The van der Waals surface area contributed by atoms with E-state index in [0.29, 0.717) is 10.7 Å². The maximum Gasteiger partial charge on any atom is 0.347 e. The predicted octanol–water partition coefficient (Wildman–Crippen LogP) is 3.53. The molecule has 1 aliphatic heterocycles. The van der Waals surface area contributed by atoms with Crippen molar-refractivity contribution in [2.45, 2.75) is 31.5 Å². The predicted molar refractivity (Wildman–Crippen MR) is 115 cm³/mol. The van der Waals surface area contributed by atoms with Crippen LogP contribution >= 0.6 is 11.8 Å². The lowest BCUT2D eigenvalue weighted by atomic mass is 9.88. The van der Waals surface area contributed by atoms with Crippen molar-refractivity contribution < 1.29 is 9.21 Å². The summed E-state index contributed by atoms with van der Waals surface area (Å²) in [5, 5.41) is 9.07. The Morgan fingerprint density at radius 2 is 2.00 bits per heavy atom. The number of rotatable bonds is 4. The Balaban J connectivity index is 1.72. The Labute approximate surface area is 172 Å². The summed E-state index contributed by atoms with van der Waals surface area (Å²) in [7, 11) is 3.82. The molecule has 29 heavy (non-hydrogen) atoms. The minimum absolute atomic E-state index is 0.0539. The number of fused-ring (bicyclic) bond motifs is 2. The molecule has 0 atom stereocenters. The monoisotopic (exact) mass is 410 g/mol. The maximum atomic E-state index is 12.6. The van der Waals surface area contributed by atoms with E-state index in [1.165, 1.54) is 11.8 Å². The molecule has 0 amide bonds. The highest BCUT2D eigenvalue weighted by atomic mass is 32.2. The number of Topliss-reactive ketones (excluding diaryl/α,β-unsaturated/α-hetero) is 1. The maximum absolute atomic E-state index is 12.6. The molecule has 0 fully saturated rings. The van der Waals surface area contributed by atoms with Crippen LogP contribution in [-0.4, -0.2) is 38.9 Å². The average molecular weight is 410 g/mol. The second kappa shape index (κ2) is 6.88. The van der Waals surface area contributed by atoms with E-state index >= 15 is 0 Å². The van der Waals surface area contributed by atoms with Crippen molar-refractivity contribution in [3.05, 3.63) is 52.1 Å². The molecule has 0 saturated carbocycles. The summed E-state index contributed by atoms with van der Waals surface area (Å²) in [6.45, 7) is 6.34. The van der Waals surface area contributed by atoms with E-state index in [1.54, 1.807) is 24.0 Å². The fourth-order valence-corrected chi connectivity index (χ4v) is 4.34. The van der Waals surface area contributed by atoms with Crippen LogP contribution < -0.4 is 10.5 Å². The normalized spacial score (nSPS) is 15.3. The van der Waals surface area contributed by atoms with Crippen LogP contribution in [0.4, 0.5) is 5.69 Å².